The van der Waals surface area contributed by atoms with E-state index >= 15 is 0 Å². The Balaban J connectivity index is 2.39. The Morgan fingerprint density at radius 1 is 1.26 bits per heavy atom. The van der Waals surface area contributed by atoms with E-state index in [0.717, 1.165) is 17.8 Å². The molecule has 0 heterocycles. The molecule has 0 unspecified atom stereocenters. The van der Waals surface area contributed by atoms with Crippen molar-refractivity contribution >= 4 is 11.6 Å². The molecule has 0 radical (unpaired) electrons. The first-order chi connectivity index (χ1) is 8.83. The molecule has 0 aliphatic heterocycles. The summed E-state index contributed by atoms with van der Waals surface area (Å²) in [5, 5.41) is 6.10. The van der Waals surface area contributed by atoms with Gasteiger partial charge < -0.3 is 15.5 Å². The lowest BCUT2D eigenvalue weighted by Crippen LogP contribution is -2.48. The number of amides is 1. The highest BCUT2D eigenvalue weighted by atomic mass is 16.1. The first-order valence-electron chi connectivity index (χ1n) is 6.56. The van der Waals surface area contributed by atoms with Crippen molar-refractivity contribution in [1.82, 2.24) is 10.2 Å². The van der Waals surface area contributed by atoms with Gasteiger partial charge in [-0.1, -0.05) is 18.2 Å². The van der Waals surface area contributed by atoms with Crippen molar-refractivity contribution in [2.45, 2.75) is 26.3 Å². The summed E-state index contributed by atoms with van der Waals surface area (Å²) in [5.74, 6) is -0.0103. The van der Waals surface area contributed by atoms with E-state index in [-0.39, 0.29) is 11.4 Å². The summed E-state index contributed by atoms with van der Waals surface area (Å²) in [7, 11) is 4.07. The minimum absolute atomic E-state index is 0.0103. The number of aryl methyl sites for hydroxylation is 1. The third-order valence-corrected chi connectivity index (χ3v) is 3.47. The maximum Gasteiger partial charge on any atom is 0.238 e. The molecule has 0 atom stereocenters. The van der Waals surface area contributed by atoms with Crippen LogP contribution in [0.25, 0.3) is 0 Å². The summed E-state index contributed by atoms with van der Waals surface area (Å²) >= 11 is 0. The molecule has 0 spiro atoms. The fourth-order valence-corrected chi connectivity index (χ4v) is 1.55. The predicted molar refractivity (Wildman–Crippen MR) is 80.4 cm³/mol. The third-order valence-electron chi connectivity index (χ3n) is 3.47. The van der Waals surface area contributed by atoms with Gasteiger partial charge in [-0.3, -0.25) is 4.79 Å². The van der Waals surface area contributed by atoms with Crippen LogP contribution in [0.4, 0.5) is 5.69 Å². The highest BCUT2D eigenvalue weighted by Gasteiger charge is 2.19. The molecule has 0 aliphatic carbocycles. The first-order valence-corrected chi connectivity index (χ1v) is 6.56. The van der Waals surface area contributed by atoms with Crippen LogP contribution in [-0.4, -0.2) is 43.5 Å². The van der Waals surface area contributed by atoms with Gasteiger partial charge in [0.15, 0.2) is 0 Å². The molecular formula is C15H25N3O. The molecule has 4 heteroatoms. The van der Waals surface area contributed by atoms with Gasteiger partial charge in [0.05, 0.1) is 6.54 Å². The molecule has 4 nitrogen and oxygen atoms in total. The molecule has 1 rings (SSSR count). The van der Waals surface area contributed by atoms with Crippen LogP contribution >= 0.6 is 0 Å². The smallest absolute Gasteiger partial charge is 0.238 e. The second kappa shape index (κ2) is 6.68. The zero-order valence-electron chi connectivity index (χ0n) is 12.6. The average molecular weight is 263 g/mol. The van der Waals surface area contributed by atoms with E-state index in [4.69, 9.17) is 0 Å². The SMILES string of the molecule is Cc1ccccc1NC(=O)CNCC(C)(C)N(C)C. The molecule has 106 valence electrons. The number of benzene rings is 1. The number of anilines is 1. The summed E-state index contributed by atoms with van der Waals surface area (Å²) < 4.78 is 0. The van der Waals surface area contributed by atoms with Crippen molar-refractivity contribution < 1.29 is 4.79 Å². The Morgan fingerprint density at radius 2 is 1.89 bits per heavy atom. The van der Waals surface area contributed by atoms with Crippen LogP contribution in [0.15, 0.2) is 24.3 Å². The Labute approximate surface area is 116 Å². The van der Waals surface area contributed by atoms with Gasteiger partial charge in [-0.15, -0.1) is 0 Å². The van der Waals surface area contributed by atoms with Gasteiger partial charge in [-0.05, 0) is 46.5 Å². The van der Waals surface area contributed by atoms with Gasteiger partial charge in [-0.2, -0.15) is 0 Å². The molecule has 1 amide bonds. The Morgan fingerprint density at radius 3 is 2.47 bits per heavy atom. The van der Waals surface area contributed by atoms with E-state index in [9.17, 15) is 4.79 Å². The largest absolute Gasteiger partial charge is 0.325 e. The molecule has 0 fully saturated rings. The van der Waals surface area contributed by atoms with Crippen molar-refractivity contribution in [2.24, 2.45) is 0 Å². The average Bonchev–Trinajstić information content (AvgIpc) is 2.31. The highest BCUT2D eigenvalue weighted by molar-refractivity contribution is 5.92. The second-order valence-corrected chi connectivity index (χ2v) is 5.67. The summed E-state index contributed by atoms with van der Waals surface area (Å²) in [4.78, 5) is 14.0. The molecule has 0 saturated heterocycles. The van der Waals surface area contributed by atoms with Crippen molar-refractivity contribution in [2.75, 3.05) is 32.5 Å². The molecule has 2 N–H and O–H groups in total. The maximum atomic E-state index is 11.8. The Bertz CT molecular complexity index is 427. The minimum atomic E-state index is -0.0103. The lowest BCUT2D eigenvalue weighted by molar-refractivity contribution is -0.115. The third kappa shape index (κ3) is 5.01. The van der Waals surface area contributed by atoms with Gasteiger partial charge in [0.25, 0.3) is 0 Å². The number of hydrogen-bond donors (Lipinski definition) is 2. The molecule has 1 aromatic carbocycles. The van der Waals surface area contributed by atoms with Crippen molar-refractivity contribution in [1.29, 1.82) is 0 Å². The lowest BCUT2D eigenvalue weighted by Gasteiger charge is -2.32. The van der Waals surface area contributed by atoms with Gasteiger partial charge in [0, 0.05) is 17.8 Å². The van der Waals surface area contributed by atoms with Crippen LogP contribution in [0, 0.1) is 6.92 Å². The number of nitrogens with zero attached hydrogens (tertiary/aromatic N) is 1. The van der Waals surface area contributed by atoms with E-state index in [1.54, 1.807) is 0 Å². The standard InChI is InChI=1S/C15H25N3O/c1-12-8-6-7-9-13(12)17-14(19)10-16-11-15(2,3)18(4)5/h6-9,16H,10-11H2,1-5H3,(H,17,19). The van der Waals surface area contributed by atoms with Crippen LogP contribution in [0.1, 0.15) is 19.4 Å². The zero-order valence-corrected chi connectivity index (χ0v) is 12.6. The van der Waals surface area contributed by atoms with E-state index in [0.29, 0.717) is 6.54 Å². The predicted octanol–water partition coefficient (Wildman–Crippen LogP) is 1.86. The van der Waals surface area contributed by atoms with Crippen LogP contribution in [0.5, 0.6) is 0 Å². The quantitative estimate of drug-likeness (QED) is 0.823. The normalized spacial score (nSPS) is 11.7. The molecule has 0 bridgehead atoms. The summed E-state index contributed by atoms with van der Waals surface area (Å²) in [6.45, 7) is 7.35. The fraction of sp³-hybridized carbons (Fsp3) is 0.533. The van der Waals surface area contributed by atoms with Crippen LogP contribution < -0.4 is 10.6 Å². The summed E-state index contributed by atoms with van der Waals surface area (Å²) in [5.41, 5.74) is 1.98. The van der Waals surface area contributed by atoms with Gasteiger partial charge in [-0.25, -0.2) is 0 Å². The van der Waals surface area contributed by atoms with E-state index in [1.807, 2.05) is 45.3 Å². The topological polar surface area (TPSA) is 44.4 Å². The van der Waals surface area contributed by atoms with Gasteiger partial charge in [0.2, 0.25) is 5.91 Å². The van der Waals surface area contributed by atoms with Crippen molar-refractivity contribution in [3.8, 4) is 0 Å². The molecular weight excluding hydrogens is 238 g/mol. The summed E-state index contributed by atoms with van der Waals surface area (Å²) in [6.07, 6.45) is 0. The van der Waals surface area contributed by atoms with Crippen LogP contribution in [0.2, 0.25) is 0 Å². The molecule has 19 heavy (non-hydrogen) atoms. The number of hydrogen-bond acceptors (Lipinski definition) is 3. The maximum absolute atomic E-state index is 11.8. The highest BCUT2D eigenvalue weighted by Crippen LogP contribution is 2.12. The fourth-order valence-electron chi connectivity index (χ4n) is 1.55. The van der Waals surface area contributed by atoms with Gasteiger partial charge in [0.1, 0.15) is 0 Å². The Hall–Kier alpha value is -1.39. The second-order valence-electron chi connectivity index (χ2n) is 5.67. The van der Waals surface area contributed by atoms with Crippen LogP contribution in [0.3, 0.4) is 0 Å². The molecule has 0 saturated carbocycles. The Kier molecular flexibility index (Phi) is 5.51. The lowest BCUT2D eigenvalue weighted by atomic mass is 10.0. The summed E-state index contributed by atoms with van der Waals surface area (Å²) in [6, 6.07) is 7.78. The number of carbonyl (C=O) groups is 1. The van der Waals surface area contributed by atoms with E-state index < -0.39 is 0 Å². The number of rotatable bonds is 6. The van der Waals surface area contributed by atoms with E-state index in [1.165, 1.54) is 0 Å². The first kappa shape index (κ1) is 15.7. The number of carbonyl (C=O) groups excluding carboxylic acids is 1. The van der Waals surface area contributed by atoms with Crippen molar-refractivity contribution in [3.63, 3.8) is 0 Å². The molecule has 0 aliphatic rings. The van der Waals surface area contributed by atoms with E-state index in [2.05, 4.69) is 29.4 Å². The number of para-hydroxylation sites is 1. The monoisotopic (exact) mass is 263 g/mol. The van der Waals surface area contributed by atoms with Gasteiger partial charge >= 0.3 is 0 Å². The van der Waals surface area contributed by atoms with Crippen molar-refractivity contribution in [3.05, 3.63) is 29.8 Å². The number of likely N-dealkylation sites (N-methyl/N-ethyl adjacent to an activating group) is 1. The molecule has 0 aromatic heterocycles. The molecule has 1 aromatic rings. The minimum Gasteiger partial charge on any atom is -0.325 e. The van der Waals surface area contributed by atoms with Crippen LogP contribution in [-0.2, 0) is 4.79 Å². The number of nitrogens with one attached hydrogen (secondary N) is 2. The zero-order chi connectivity index (χ0) is 14.5.